The van der Waals surface area contributed by atoms with Gasteiger partial charge in [0.05, 0.1) is 11.4 Å². The topological polar surface area (TPSA) is 132 Å². The predicted molar refractivity (Wildman–Crippen MR) is 134 cm³/mol. The van der Waals surface area contributed by atoms with Crippen molar-refractivity contribution in [2.75, 3.05) is 39.8 Å². The minimum Gasteiger partial charge on any atom is -0.451 e. The standard InChI is InChI=1S/C24H27ClF2N4O7S/c1-29-8-6-17(7-9-29)37-24(33)30-10-11-31(21(14-30)23(32)38-28)39(34,35)18-12-19(26)22(20(27)13-18)36-16-4-2-15(25)3-5-16/h2-5,12-13,17,21H,6-11,14,28H2,1H3/t21-/m1/s1. The number of rotatable bonds is 6. The van der Waals surface area contributed by atoms with Crippen molar-refractivity contribution in [3.8, 4) is 11.5 Å². The van der Waals surface area contributed by atoms with Gasteiger partial charge >= 0.3 is 12.1 Å². The zero-order chi connectivity index (χ0) is 28.3. The number of benzene rings is 2. The molecule has 4 rings (SSSR count). The summed E-state index contributed by atoms with van der Waals surface area (Å²) in [5.41, 5.74) is 0. The van der Waals surface area contributed by atoms with Crippen molar-refractivity contribution in [1.29, 1.82) is 0 Å². The van der Waals surface area contributed by atoms with Crippen molar-refractivity contribution in [2.24, 2.45) is 5.90 Å². The van der Waals surface area contributed by atoms with Gasteiger partial charge in [0.2, 0.25) is 10.0 Å². The monoisotopic (exact) mass is 588 g/mol. The number of carbonyl (C=O) groups excluding carboxylic acids is 2. The molecule has 2 saturated heterocycles. The maximum atomic E-state index is 14.9. The van der Waals surface area contributed by atoms with Gasteiger partial charge in [-0.2, -0.15) is 10.2 Å². The van der Waals surface area contributed by atoms with Crippen LogP contribution in [0.5, 0.6) is 11.5 Å². The van der Waals surface area contributed by atoms with Crippen molar-refractivity contribution in [3.63, 3.8) is 0 Å². The lowest BCUT2D eigenvalue weighted by Crippen LogP contribution is -2.60. The third-order valence-electron chi connectivity index (χ3n) is 6.52. The number of nitrogens with zero attached hydrogens (tertiary/aromatic N) is 3. The van der Waals surface area contributed by atoms with E-state index in [0.717, 1.165) is 13.1 Å². The molecule has 11 nitrogen and oxygen atoms in total. The van der Waals surface area contributed by atoms with E-state index in [9.17, 15) is 26.8 Å². The molecule has 212 valence electrons. The van der Waals surface area contributed by atoms with E-state index in [-0.39, 0.29) is 24.9 Å². The van der Waals surface area contributed by atoms with Gasteiger partial charge in [-0.05, 0) is 56.3 Å². The predicted octanol–water partition coefficient (Wildman–Crippen LogP) is 2.73. The van der Waals surface area contributed by atoms with Crippen LogP contribution >= 0.6 is 11.6 Å². The fourth-order valence-electron chi connectivity index (χ4n) is 4.35. The molecule has 0 aliphatic carbocycles. The molecule has 2 aromatic carbocycles. The van der Waals surface area contributed by atoms with Crippen LogP contribution in [0.25, 0.3) is 0 Å². The van der Waals surface area contributed by atoms with Crippen molar-refractivity contribution in [1.82, 2.24) is 14.1 Å². The smallest absolute Gasteiger partial charge is 0.410 e. The highest BCUT2D eigenvalue weighted by molar-refractivity contribution is 7.89. The number of ether oxygens (including phenoxy) is 2. The van der Waals surface area contributed by atoms with Crippen LogP contribution in [0.4, 0.5) is 13.6 Å². The van der Waals surface area contributed by atoms with E-state index >= 15 is 0 Å². The summed E-state index contributed by atoms with van der Waals surface area (Å²) in [5.74, 6) is 0.541. The van der Waals surface area contributed by atoms with Gasteiger partial charge in [-0.1, -0.05) is 11.6 Å². The molecule has 0 saturated carbocycles. The summed E-state index contributed by atoms with van der Waals surface area (Å²) in [6.45, 7) is 0.563. The first-order valence-electron chi connectivity index (χ1n) is 12.0. The third-order valence-corrected chi connectivity index (χ3v) is 8.66. The molecule has 0 radical (unpaired) electrons. The number of halogens is 3. The quantitative estimate of drug-likeness (QED) is 0.506. The molecule has 2 aliphatic rings. The Kier molecular flexibility index (Phi) is 8.91. The van der Waals surface area contributed by atoms with E-state index in [2.05, 4.69) is 9.74 Å². The first-order valence-corrected chi connectivity index (χ1v) is 13.8. The summed E-state index contributed by atoms with van der Waals surface area (Å²) in [4.78, 5) is 32.0. The summed E-state index contributed by atoms with van der Waals surface area (Å²) in [5, 5.41) is 0.380. The van der Waals surface area contributed by atoms with Crippen LogP contribution in [0.3, 0.4) is 0 Å². The minimum atomic E-state index is -4.65. The lowest BCUT2D eigenvalue weighted by Gasteiger charge is -2.39. The van der Waals surface area contributed by atoms with Crippen LogP contribution in [0, 0.1) is 11.6 Å². The second-order valence-corrected chi connectivity index (χ2v) is 11.5. The molecular weight excluding hydrogens is 562 g/mol. The number of hydrogen-bond donors (Lipinski definition) is 1. The number of amides is 1. The van der Waals surface area contributed by atoms with Gasteiger partial charge in [0.1, 0.15) is 17.9 Å². The SMILES string of the molecule is CN1CCC(OC(=O)N2CCN(S(=O)(=O)c3cc(F)c(Oc4ccc(Cl)cc4)c(F)c3)[C@@H](C(=O)ON)C2)CC1. The second-order valence-electron chi connectivity index (χ2n) is 9.17. The fourth-order valence-corrected chi connectivity index (χ4v) is 6.06. The lowest BCUT2D eigenvalue weighted by atomic mass is 10.1. The lowest BCUT2D eigenvalue weighted by molar-refractivity contribution is -0.150. The van der Waals surface area contributed by atoms with Gasteiger partial charge in [0.15, 0.2) is 17.4 Å². The van der Waals surface area contributed by atoms with Crippen molar-refractivity contribution in [2.45, 2.75) is 29.9 Å². The van der Waals surface area contributed by atoms with E-state index in [1.807, 2.05) is 7.05 Å². The van der Waals surface area contributed by atoms with Gasteiger partial charge in [0.25, 0.3) is 0 Å². The van der Waals surface area contributed by atoms with Crippen LogP contribution < -0.4 is 10.6 Å². The molecule has 2 fully saturated rings. The van der Waals surface area contributed by atoms with E-state index in [1.165, 1.54) is 29.2 Å². The summed E-state index contributed by atoms with van der Waals surface area (Å²) < 4.78 is 68.0. The Bertz CT molecular complexity index is 1300. The average Bonchev–Trinajstić information content (AvgIpc) is 2.92. The zero-order valence-electron chi connectivity index (χ0n) is 20.9. The molecule has 2 aliphatic heterocycles. The van der Waals surface area contributed by atoms with E-state index < -0.39 is 57.0 Å². The first-order chi connectivity index (χ1) is 18.5. The third kappa shape index (κ3) is 6.58. The van der Waals surface area contributed by atoms with Gasteiger partial charge in [-0.3, -0.25) is 0 Å². The Hall–Kier alpha value is -3.04. The minimum absolute atomic E-state index is 0.0711. The number of piperidine rings is 1. The number of hydrogen-bond acceptors (Lipinski definition) is 9. The normalized spacial score (nSPS) is 19.5. The summed E-state index contributed by atoms with van der Waals surface area (Å²) in [7, 11) is -2.69. The molecular formula is C24H27ClF2N4O7S. The highest BCUT2D eigenvalue weighted by Gasteiger charge is 2.43. The van der Waals surface area contributed by atoms with Crippen molar-refractivity contribution in [3.05, 3.63) is 53.1 Å². The molecule has 1 amide bonds. The molecule has 2 heterocycles. The summed E-state index contributed by atoms with van der Waals surface area (Å²) in [6.07, 6.45) is 0.256. The van der Waals surface area contributed by atoms with E-state index in [1.54, 1.807) is 0 Å². The molecule has 0 aromatic heterocycles. The molecule has 0 unspecified atom stereocenters. The number of piperazine rings is 1. The molecule has 2 aromatic rings. The van der Waals surface area contributed by atoms with Gasteiger partial charge in [0, 0.05) is 31.2 Å². The van der Waals surface area contributed by atoms with Crippen molar-refractivity contribution >= 4 is 33.7 Å². The number of likely N-dealkylation sites (tertiary alicyclic amines) is 1. The molecule has 39 heavy (non-hydrogen) atoms. The van der Waals surface area contributed by atoms with E-state index in [0.29, 0.717) is 34.3 Å². The van der Waals surface area contributed by atoms with Crippen LogP contribution in [0.2, 0.25) is 5.02 Å². The largest absolute Gasteiger partial charge is 0.451 e. The second kappa shape index (κ2) is 12.0. The molecule has 1 atom stereocenters. The fraction of sp³-hybridized carbons (Fsp3) is 0.417. The Morgan fingerprint density at radius 3 is 2.23 bits per heavy atom. The van der Waals surface area contributed by atoms with Crippen LogP contribution in [0.1, 0.15) is 12.8 Å². The number of nitrogens with two attached hydrogens (primary N) is 1. The van der Waals surface area contributed by atoms with E-state index in [4.69, 9.17) is 27.0 Å². The molecule has 0 spiro atoms. The zero-order valence-corrected chi connectivity index (χ0v) is 22.5. The van der Waals surface area contributed by atoms with Crippen LogP contribution in [-0.2, 0) is 24.4 Å². The van der Waals surface area contributed by atoms with Crippen molar-refractivity contribution < 1.29 is 41.1 Å². The molecule has 2 N–H and O–H groups in total. The van der Waals surface area contributed by atoms with Crippen LogP contribution in [0.15, 0.2) is 41.3 Å². The van der Waals surface area contributed by atoms with Crippen LogP contribution in [-0.4, -0.2) is 86.5 Å². The highest BCUT2D eigenvalue weighted by atomic mass is 35.5. The summed E-state index contributed by atoms with van der Waals surface area (Å²) >= 11 is 5.80. The highest BCUT2D eigenvalue weighted by Crippen LogP contribution is 2.32. The Balaban J connectivity index is 1.52. The van der Waals surface area contributed by atoms with Gasteiger partial charge in [-0.25, -0.2) is 26.8 Å². The number of carbonyl (C=O) groups is 2. The Morgan fingerprint density at radius 2 is 1.64 bits per heavy atom. The van der Waals surface area contributed by atoms with Gasteiger partial charge in [-0.15, -0.1) is 0 Å². The Morgan fingerprint density at radius 1 is 1.03 bits per heavy atom. The van der Waals surface area contributed by atoms with Gasteiger partial charge < -0.3 is 24.1 Å². The molecule has 0 bridgehead atoms. The molecule has 15 heteroatoms. The summed E-state index contributed by atoms with van der Waals surface area (Å²) in [6, 6.07) is 5.24. The number of sulfonamides is 1. The first kappa shape index (κ1) is 29.0. The maximum absolute atomic E-state index is 14.9. The maximum Gasteiger partial charge on any atom is 0.410 e. The average molecular weight is 589 g/mol. The Labute approximate surface area is 228 Å².